The lowest BCUT2D eigenvalue weighted by atomic mass is 9.43. The van der Waals surface area contributed by atoms with Crippen LogP contribution in [0.2, 0.25) is 0 Å². The Morgan fingerprint density at radius 2 is 1.21 bits per heavy atom. The molecule has 3 aromatic heterocycles. The third-order valence-corrected chi connectivity index (χ3v) is 17.3. The third-order valence-electron chi connectivity index (χ3n) is 16.2. The Bertz CT molecular complexity index is 4060. The van der Waals surface area contributed by atoms with E-state index >= 15 is 0 Å². The maximum atomic E-state index is 7.31. The van der Waals surface area contributed by atoms with E-state index in [1.54, 1.807) is 0 Å². The van der Waals surface area contributed by atoms with Gasteiger partial charge in [-0.3, -0.25) is 0 Å². The molecule has 0 unspecified atom stereocenters. The SMILES string of the molecule is CC(C)(C)c1ccc(N2B3c4cc5c(cc4-n4c6ccc(C(C)(C)C)cc6c6c7oc8ccccc8c7c(c3c64)-c3cc4c(cc32)sc2cc(C(C)(C)C)ccc24)-c2ccccc2C5(C)C)cc1. The van der Waals surface area contributed by atoms with Crippen LogP contribution >= 0.6 is 11.3 Å². The van der Waals surface area contributed by atoms with Gasteiger partial charge >= 0.3 is 6.85 Å². The number of anilines is 2. The number of para-hydroxylation sites is 1. The molecular formula is C63H55BN2OS. The van der Waals surface area contributed by atoms with Gasteiger partial charge in [0.15, 0.2) is 0 Å². The van der Waals surface area contributed by atoms with Crippen molar-refractivity contribution in [3.8, 4) is 27.9 Å². The molecule has 0 saturated carbocycles. The lowest BCUT2D eigenvalue weighted by Crippen LogP contribution is -2.60. The molecule has 3 aliphatic rings. The number of furan rings is 1. The molecule has 14 rings (SSSR count). The number of hydrogen-bond acceptors (Lipinski definition) is 3. The fourth-order valence-electron chi connectivity index (χ4n) is 12.6. The standard InChI is InChI=1S/C63H55BN2OS/c1-60(2,3)34-20-24-37(25-21-34)66-49-33-53-42(39-26-22-36(62(7,8)9)29-52(39)68-53)30-44(49)54-55-40-17-13-15-19-51(40)67-59(55)56-43-28-35(61(4,5)6)23-27-48(43)65-50-31-41-38-16-12-14-18-45(38)63(10,11)46(41)32-47(50)64(66)57(54)58(56)65/h12-33H,1-11H3. The van der Waals surface area contributed by atoms with Crippen LogP contribution in [0.5, 0.6) is 0 Å². The second-order valence-corrected chi connectivity index (χ2v) is 24.8. The molecule has 0 radical (unpaired) electrons. The van der Waals surface area contributed by atoms with Crippen LogP contribution in [0.25, 0.3) is 91.9 Å². The lowest BCUT2D eigenvalue weighted by molar-refractivity contribution is 0.590. The second kappa shape index (κ2) is 12.9. The summed E-state index contributed by atoms with van der Waals surface area (Å²) in [5.41, 5.74) is 22.6. The van der Waals surface area contributed by atoms with Crippen molar-refractivity contribution in [1.29, 1.82) is 0 Å². The zero-order chi connectivity index (χ0) is 46.7. The van der Waals surface area contributed by atoms with E-state index in [2.05, 4.69) is 219 Å². The van der Waals surface area contributed by atoms with Gasteiger partial charge in [-0.1, -0.05) is 155 Å². The Morgan fingerprint density at radius 1 is 0.529 bits per heavy atom. The van der Waals surface area contributed by atoms with E-state index in [-0.39, 0.29) is 28.5 Å². The molecular weight excluding hydrogens is 844 g/mol. The van der Waals surface area contributed by atoms with Crippen molar-refractivity contribution in [3.63, 3.8) is 0 Å². The van der Waals surface area contributed by atoms with E-state index in [1.165, 1.54) is 125 Å². The zero-order valence-electron chi connectivity index (χ0n) is 41.0. The van der Waals surface area contributed by atoms with Crippen molar-refractivity contribution in [3.05, 3.63) is 161 Å². The number of fused-ring (bicyclic) bond motifs is 19. The van der Waals surface area contributed by atoms with Crippen LogP contribution in [0.4, 0.5) is 11.4 Å². The normalized spacial score (nSPS) is 15.0. The molecule has 0 N–H and O–H groups in total. The van der Waals surface area contributed by atoms with Gasteiger partial charge in [0.05, 0.1) is 16.4 Å². The van der Waals surface area contributed by atoms with E-state index < -0.39 is 0 Å². The molecule has 2 aliphatic heterocycles. The summed E-state index contributed by atoms with van der Waals surface area (Å²) in [7, 11) is 0. The molecule has 332 valence electrons. The Hall–Kier alpha value is -6.56. The summed E-state index contributed by atoms with van der Waals surface area (Å²) >= 11 is 1.93. The predicted octanol–water partition coefficient (Wildman–Crippen LogP) is 16.5. The molecule has 8 aromatic carbocycles. The molecule has 0 saturated heterocycles. The van der Waals surface area contributed by atoms with Gasteiger partial charge < -0.3 is 13.8 Å². The van der Waals surface area contributed by atoms with Crippen LogP contribution in [0, 0.1) is 0 Å². The van der Waals surface area contributed by atoms with Crippen molar-refractivity contribution in [2.75, 3.05) is 4.81 Å². The molecule has 0 amide bonds. The maximum Gasteiger partial charge on any atom is 0.333 e. The van der Waals surface area contributed by atoms with Crippen LogP contribution in [0.15, 0.2) is 138 Å². The number of thiophene rings is 1. The van der Waals surface area contributed by atoms with E-state index in [4.69, 9.17) is 4.42 Å². The monoisotopic (exact) mass is 898 g/mol. The molecule has 11 aromatic rings. The fourth-order valence-corrected chi connectivity index (χ4v) is 13.7. The first-order valence-corrected chi connectivity index (χ1v) is 25.3. The summed E-state index contributed by atoms with van der Waals surface area (Å²) in [5, 5.41) is 7.45. The Morgan fingerprint density at radius 3 is 1.97 bits per heavy atom. The van der Waals surface area contributed by atoms with Crippen molar-refractivity contribution >= 4 is 104 Å². The minimum atomic E-state index is -0.175. The van der Waals surface area contributed by atoms with Gasteiger partial charge in [0, 0.05) is 64.4 Å². The van der Waals surface area contributed by atoms with Crippen LogP contribution in [0.1, 0.15) is 104 Å². The molecule has 5 heteroatoms. The first-order chi connectivity index (χ1) is 32.4. The average molecular weight is 899 g/mol. The highest BCUT2D eigenvalue weighted by molar-refractivity contribution is 7.25. The highest BCUT2D eigenvalue weighted by Crippen LogP contribution is 2.55. The van der Waals surface area contributed by atoms with E-state index in [0.29, 0.717) is 0 Å². The minimum absolute atomic E-state index is 0.0195. The van der Waals surface area contributed by atoms with Gasteiger partial charge in [-0.25, -0.2) is 0 Å². The topological polar surface area (TPSA) is 21.3 Å². The van der Waals surface area contributed by atoms with Crippen molar-refractivity contribution < 1.29 is 4.42 Å². The van der Waals surface area contributed by atoms with Crippen molar-refractivity contribution in [2.24, 2.45) is 0 Å². The average Bonchev–Trinajstić information content (AvgIpc) is 4.03. The molecule has 3 nitrogen and oxygen atoms in total. The predicted molar refractivity (Wildman–Crippen MR) is 294 cm³/mol. The van der Waals surface area contributed by atoms with Crippen LogP contribution in [0.3, 0.4) is 0 Å². The summed E-state index contributed by atoms with van der Waals surface area (Å²) in [6.45, 7) is 25.6. The number of rotatable bonds is 1. The highest BCUT2D eigenvalue weighted by Gasteiger charge is 2.48. The summed E-state index contributed by atoms with van der Waals surface area (Å²) in [5.74, 6) is 0. The molecule has 0 bridgehead atoms. The minimum Gasteiger partial charge on any atom is -0.455 e. The number of aromatic nitrogens is 1. The smallest absolute Gasteiger partial charge is 0.333 e. The molecule has 68 heavy (non-hydrogen) atoms. The van der Waals surface area contributed by atoms with Gasteiger partial charge in [0.1, 0.15) is 11.2 Å². The van der Waals surface area contributed by atoms with E-state index in [0.717, 1.165) is 16.6 Å². The highest BCUT2D eigenvalue weighted by atomic mass is 32.1. The number of hydrogen-bond donors (Lipinski definition) is 0. The Kier molecular flexibility index (Phi) is 7.71. The molecule has 0 atom stereocenters. The Labute approximate surface area is 403 Å². The van der Waals surface area contributed by atoms with E-state index in [1.807, 2.05) is 11.3 Å². The maximum absolute atomic E-state index is 7.31. The lowest BCUT2D eigenvalue weighted by Gasteiger charge is -2.42. The Balaban J connectivity index is 1.21. The van der Waals surface area contributed by atoms with Gasteiger partial charge in [0.2, 0.25) is 0 Å². The first-order valence-electron chi connectivity index (χ1n) is 24.5. The molecule has 5 heterocycles. The van der Waals surface area contributed by atoms with Gasteiger partial charge in [-0.05, 0) is 126 Å². The molecule has 0 spiro atoms. The summed E-state index contributed by atoms with van der Waals surface area (Å²) in [6, 6.07) is 52.1. The molecule has 0 fully saturated rings. The third kappa shape index (κ3) is 5.21. The first kappa shape index (κ1) is 40.5. The summed E-state index contributed by atoms with van der Waals surface area (Å²) in [6.07, 6.45) is 0. The quantitative estimate of drug-likeness (QED) is 0.153. The van der Waals surface area contributed by atoms with Gasteiger partial charge in [-0.2, -0.15) is 0 Å². The second-order valence-electron chi connectivity index (χ2n) is 23.8. The van der Waals surface area contributed by atoms with Crippen molar-refractivity contribution in [1.82, 2.24) is 4.57 Å². The largest absolute Gasteiger partial charge is 0.455 e. The van der Waals surface area contributed by atoms with Crippen LogP contribution in [-0.4, -0.2) is 11.4 Å². The fraction of sp³-hybridized carbons (Fsp3) is 0.238. The number of benzene rings is 8. The summed E-state index contributed by atoms with van der Waals surface area (Å²) in [4.78, 5) is 2.73. The van der Waals surface area contributed by atoms with Crippen LogP contribution in [-0.2, 0) is 21.7 Å². The van der Waals surface area contributed by atoms with Crippen LogP contribution < -0.4 is 15.7 Å². The molecule has 1 aliphatic carbocycles. The van der Waals surface area contributed by atoms with Gasteiger partial charge in [0.25, 0.3) is 0 Å². The van der Waals surface area contributed by atoms with Gasteiger partial charge in [-0.15, -0.1) is 11.3 Å². The number of nitrogens with zero attached hydrogens (tertiary/aromatic N) is 2. The summed E-state index contributed by atoms with van der Waals surface area (Å²) < 4.78 is 12.6. The van der Waals surface area contributed by atoms with Crippen molar-refractivity contribution in [2.45, 2.75) is 97.8 Å². The van der Waals surface area contributed by atoms with E-state index in [9.17, 15) is 0 Å². The zero-order valence-corrected chi connectivity index (χ0v) is 41.8.